The van der Waals surface area contributed by atoms with Crippen LogP contribution in [-0.4, -0.2) is 27.5 Å². The van der Waals surface area contributed by atoms with Crippen LogP contribution in [0.3, 0.4) is 0 Å². The van der Waals surface area contributed by atoms with E-state index in [4.69, 9.17) is 4.74 Å². The maximum atomic E-state index is 14.0. The number of nitrogens with one attached hydrogen (secondary N) is 1. The Labute approximate surface area is 136 Å². The lowest BCUT2D eigenvalue weighted by molar-refractivity contribution is 0.0521. The Morgan fingerprint density at radius 3 is 2.54 bits per heavy atom. The van der Waals surface area contributed by atoms with Gasteiger partial charge in [0.15, 0.2) is 5.69 Å². The number of hydrogen-bond donors (Lipinski definition) is 1. The minimum Gasteiger partial charge on any atom is -0.461 e. The second-order valence-corrected chi connectivity index (χ2v) is 4.84. The Kier molecular flexibility index (Phi) is 4.33. The molecule has 3 rings (SSSR count). The molecule has 1 N–H and O–H groups in total. The van der Waals surface area contributed by atoms with Gasteiger partial charge in [-0.05, 0) is 31.2 Å². The molecule has 0 saturated carbocycles. The Bertz CT molecular complexity index is 859. The number of H-pyrrole nitrogens is 1. The van der Waals surface area contributed by atoms with Crippen LogP contribution in [0.15, 0.2) is 42.6 Å². The van der Waals surface area contributed by atoms with Gasteiger partial charge in [0.05, 0.1) is 17.9 Å². The van der Waals surface area contributed by atoms with Gasteiger partial charge in [0.25, 0.3) is 0 Å². The molecule has 0 amide bonds. The molecule has 0 radical (unpaired) electrons. The van der Waals surface area contributed by atoms with Crippen LogP contribution >= 0.6 is 0 Å². The van der Waals surface area contributed by atoms with E-state index in [0.29, 0.717) is 5.69 Å². The Balaban J connectivity index is 2.18. The number of carbonyl (C=O) groups is 1. The highest BCUT2D eigenvalue weighted by atomic mass is 19.1. The van der Waals surface area contributed by atoms with Gasteiger partial charge in [-0.3, -0.25) is 4.98 Å². The normalized spacial score (nSPS) is 10.6. The summed E-state index contributed by atoms with van der Waals surface area (Å²) in [5.41, 5.74) is 0.213. The Morgan fingerprint density at radius 2 is 1.92 bits per heavy atom. The highest BCUT2D eigenvalue weighted by Crippen LogP contribution is 2.28. The maximum Gasteiger partial charge on any atom is 0.357 e. The zero-order valence-electron chi connectivity index (χ0n) is 12.7. The number of ether oxygens (including phenoxy) is 1. The molecule has 0 unspecified atom stereocenters. The zero-order valence-corrected chi connectivity index (χ0v) is 12.7. The molecular weight excluding hydrogens is 316 g/mol. The lowest BCUT2D eigenvalue weighted by Gasteiger charge is -2.01. The van der Waals surface area contributed by atoms with Crippen LogP contribution in [0.25, 0.3) is 22.8 Å². The van der Waals surface area contributed by atoms with Crippen molar-refractivity contribution in [3.05, 3.63) is 59.9 Å². The first-order chi connectivity index (χ1) is 11.6. The van der Waals surface area contributed by atoms with E-state index in [1.54, 1.807) is 25.1 Å². The molecule has 0 atom stereocenters. The minimum atomic E-state index is -0.785. The predicted molar refractivity (Wildman–Crippen MR) is 83.1 cm³/mol. The number of nitrogens with zero attached hydrogens (tertiary/aromatic N) is 2. The summed E-state index contributed by atoms with van der Waals surface area (Å²) < 4.78 is 33.0. The van der Waals surface area contributed by atoms with Crippen LogP contribution in [0.5, 0.6) is 0 Å². The number of benzene rings is 1. The third-order valence-corrected chi connectivity index (χ3v) is 3.29. The van der Waals surface area contributed by atoms with Gasteiger partial charge in [-0.1, -0.05) is 12.1 Å². The van der Waals surface area contributed by atoms with Crippen molar-refractivity contribution >= 4 is 5.97 Å². The lowest BCUT2D eigenvalue weighted by atomic mass is 10.2. The van der Waals surface area contributed by atoms with Crippen molar-refractivity contribution in [2.75, 3.05) is 6.61 Å². The van der Waals surface area contributed by atoms with Crippen molar-refractivity contribution in [3.8, 4) is 22.8 Å². The van der Waals surface area contributed by atoms with Crippen molar-refractivity contribution in [3.63, 3.8) is 0 Å². The summed E-state index contributed by atoms with van der Waals surface area (Å²) in [6.45, 7) is 1.81. The summed E-state index contributed by atoms with van der Waals surface area (Å²) in [5.74, 6) is -2.35. The highest BCUT2D eigenvalue weighted by molar-refractivity contribution is 5.94. The second kappa shape index (κ2) is 6.57. The van der Waals surface area contributed by atoms with Crippen molar-refractivity contribution in [1.29, 1.82) is 0 Å². The summed E-state index contributed by atoms with van der Waals surface area (Å²) >= 11 is 0. The van der Waals surface area contributed by atoms with E-state index < -0.39 is 17.6 Å². The van der Waals surface area contributed by atoms with E-state index in [1.165, 1.54) is 12.3 Å². The van der Waals surface area contributed by atoms with Crippen LogP contribution in [0.2, 0.25) is 0 Å². The van der Waals surface area contributed by atoms with E-state index >= 15 is 0 Å². The molecule has 122 valence electrons. The molecule has 0 fully saturated rings. The van der Waals surface area contributed by atoms with Crippen LogP contribution in [-0.2, 0) is 4.74 Å². The van der Waals surface area contributed by atoms with E-state index in [0.717, 1.165) is 12.1 Å². The quantitative estimate of drug-likeness (QED) is 0.743. The summed E-state index contributed by atoms with van der Waals surface area (Å²) in [6, 6.07) is 8.55. The number of aromatic amines is 1. The molecule has 0 aliphatic rings. The monoisotopic (exact) mass is 329 g/mol. The molecule has 0 bridgehead atoms. The van der Waals surface area contributed by atoms with Gasteiger partial charge < -0.3 is 9.72 Å². The van der Waals surface area contributed by atoms with Gasteiger partial charge in [0.1, 0.15) is 23.2 Å². The summed E-state index contributed by atoms with van der Waals surface area (Å²) in [5, 5.41) is 0. The van der Waals surface area contributed by atoms with Crippen molar-refractivity contribution in [1.82, 2.24) is 15.0 Å². The number of pyridine rings is 1. The predicted octanol–water partition coefficient (Wildman–Crippen LogP) is 3.59. The van der Waals surface area contributed by atoms with Gasteiger partial charge in [-0.15, -0.1) is 0 Å². The Hall–Kier alpha value is -3.09. The number of carbonyl (C=O) groups excluding carboxylic acids is 1. The van der Waals surface area contributed by atoms with Gasteiger partial charge in [-0.25, -0.2) is 18.6 Å². The number of rotatable bonds is 4. The highest BCUT2D eigenvalue weighted by Gasteiger charge is 2.23. The molecule has 0 aliphatic carbocycles. The fourth-order valence-electron chi connectivity index (χ4n) is 2.25. The molecule has 3 aromatic rings. The number of hydrogen-bond acceptors (Lipinski definition) is 4. The average molecular weight is 329 g/mol. The third kappa shape index (κ3) is 2.88. The van der Waals surface area contributed by atoms with Gasteiger partial charge in [0, 0.05) is 6.20 Å². The smallest absolute Gasteiger partial charge is 0.357 e. The maximum absolute atomic E-state index is 14.0. The zero-order chi connectivity index (χ0) is 17.1. The molecule has 7 heteroatoms. The molecule has 1 aromatic carbocycles. The van der Waals surface area contributed by atoms with Gasteiger partial charge in [-0.2, -0.15) is 0 Å². The molecular formula is C17H13F2N3O2. The third-order valence-electron chi connectivity index (χ3n) is 3.29. The standard InChI is InChI=1S/C17H13F2N3O2/c1-2-24-17(23)15-14(12-8-3-4-9-20-12)21-16(22-15)13-10(18)6-5-7-11(13)19/h3-9H,2H2,1H3,(H,21,22). The van der Waals surface area contributed by atoms with Crippen LogP contribution in [0, 0.1) is 11.6 Å². The minimum absolute atomic E-state index is 0.00629. The molecule has 2 aromatic heterocycles. The summed E-state index contributed by atoms with van der Waals surface area (Å²) in [6.07, 6.45) is 1.53. The van der Waals surface area contributed by atoms with Crippen LogP contribution < -0.4 is 0 Å². The first-order valence-electron chi connectivity index (χ1n) is 7.24. The van der Waals surface area contributed by atoms with Crippen molar-refractivity contribution in [2.24, 2.45) is 0 Å². The van der Waals surface area contributed by atoms with Crippen molar-refractivity contribution in [2.45, 2.75) is 6.92 Å². The van der Waals surface area contributed by atoms with E-state index in [9.17, 15) is 13.6 Å². The number of imidazole rings is 1. The molecule has 24 heavy (non-hydrogen) atoms. The molecule has 2 heterocycles. The number of halogens is 2. The largest absolute Gasteiger partial charge is 0.461 e. The molecule has 0 spiro atoms. The fourth-order valence-corrected chi connectivity index (χ4v) is 2.25. The average Bonchev–Trinajstić information content (AvgIpc) is 3.01. The number of esters is 1. The van der Waals surface area contributed by atoms with Gasteiger partial charge >= 0.3 is 5.97 Å². The topological polar surface area (TPSA) is 67.9 Å². The van der Waals surface area contributed by atoms with E-state index in [1.807, 2.05) is 0 Å². The first-order valence-corrected chi connectivity index (χ1v) is 7.24. The number of aromatic nitrogens is 3. The molecule has 0 aliphatic heterocycles. The Morgan fingerprint density at radius 1 is 1.17 bits per heavy atom. The second-order valence-electron chi connectivity index (χ2n) is 4.84. The molecule has 0 saturated heterocycles. The van der Waals surface area contributed by atoms with Crippen LogP contribution in [0.1, 0.15) is 17.4 Å². The first kappa shape index (κ1) is 15.8. The lowest BCUT2D eigenvalue weighted by Crippen LogP contribution is -2.07. The van der Waals surface area contributed by atoms with Gasteiger partial charge in [0.2, 0.25) is 0 Å². The van der Waals surface area contributed by atoms with E-state index in [-0.39, 0.29) is 29.4 Å². The molecule has 5 nitrogen and oxygen atoms in total. The summed E-state index contributed by atoms with van der Waals surface area (Å²) in [4.78, 5) is 23.1. The fraction of sp³-hybridized carbons (Fsp3) is 0.118. The van der Waals surface area contributed by atoms with Crippen LogP contribution in [0.4, 0.5) is 8.78 Å². The van der Waals surface area contributed by atoms with E-state index in [2.05, 4.69) is 15.0 Å². The van der Waals surface area contributed by atoms with Crippen molar-refractivity contribution < 1.29 is 18.3 Å². The summed E-state index contributed by atoms with van der Waals surface area (Å²) in [7, 11) is 0. The SMILES string of the molecule is CCOC(=O)c1[nH]c(-c2c(F)cccc2F)nc1-c1ccccn1.